The van der Waals surface area contributed by atoms with E-state index in [1.54, 1.807) is 29.5 Å². The highest BCUT2D eigenvalue weighted by Gasteiger charge is 2.51. The Morgan fingerprint density at radius 3 is 2.52 bits per heavy atom. The third kappa shape index (κ3) is 6.45. The number of carbonyl (C=O) groups is 2. The van der Waals surface area contributed by atoms with Crippen LogP contribution >= 0.6 is 34.2 Å². The van der Waals surface area contributed by atoms with Gasteiger partial charge in [0.1, 0.15) is 16.7 Å². The average Bonchev–Trinajstić information content (AvgIpc) is 3.61. The molecule has 220 valence electrons. The van der Waals surface area contributed by atoms with Crippen LogP contribution in [0.25, 0.3) is 0 Å². The molecule has 4 rings (SSSR count). The van der Waals surface area contributed by atoms with Crippen LogP contribution in [-0.4, -0.2) is 52.5 Å². The minimum atomic E-state index is -4.81. The van der Waals surface area contributed by atoms with Gasteiger partial charge in [-0.1, -0.05) is 11.6 Å². The van der Waals surface area contributed by atoms with Gasteiger partial charge in [-0.05, 0) is 86.7 Å². The molecule has 1 aliphatic heterocycles. The Morgan fingerprint density at radius 2 is 1.98 bits per heavy atom. The van der Waals surface area contributed by atoms with Gasteiger partial charge in [0.15, 0.2) is 8.94 Å². The van der Waals surface area contributed by atoms with E-state index in [0.717, 1.165) is 17.1 Å². The summed E-state index contributed by atoms with van der Waals surface area (Å²) in [5, 5.41) is 5.99. The van der Waals surface area contributed by atoms with Gasteiger partial charge in [-0.25, -0.2) is 13.2 Å². The SMILES string of the molecule is CCn1cc(S(=O)(=O)N2C[C@H](C[C@H](C(=O)I)C3CC3)Oc3ccc(NC(=O)OC(C)(C)C(F)(F)F)cc32)c(Cl)n1. The van der Waals surface area contributed by atoms with E-state index >= 15 is 0 Å². The van der Waals surface area contributed by atoms with E-state index in [2.05, 4.69) is 15.2 Å². The Balaban J connectivity index is 1.68. The second kappa shape index (κ2) is 11.2. The summed E-state index contributed by atoms with van der Waals surface area (Å²) in [6, 6.07) is 3.99. The van der Waals surface area contributed by atoms with Gasteiger partial charge >= 0.3 is 12.3 Å². The fraction of sp³-hybridized carbons (Fsp3) is 0.542. The molecule has 1 aromatic heterocycles. The van der Waals surface area contributed by atoms with Gasteiger partial charge in [-0.2, -0.15) is 18.3 Å². The first-order valence-corrected chi connectivity index (χ1v) is 15.3. The second-order valence-corrected chi connectivity index (χ2v) is 13.4. The van der Waals surface area contributed by atoms with Crippen LogP contribution in [-0.2, 0) is 26.1 Å². The van der Waals surface area contributed by atoms with Crippen molar-refractivity contribution < 1.29 is 40.7 Å². The van der Waals surface area contributed by atoms with Gasteiger partial charge in [0.2, 0.25) is 5.60 Å². The average molecular weight is 719 g/mol. The number of rotatable bonds is 9. The van der Waals surface area contributed by atoms with E-state index in [0.29, 0.717) is 26.8 Å². The van der Waals surface area contributed by atoms with Crippen molar-refractivity contribution in [3.63, 3.8) is 0 Å². The number of nitrogens with zero attached hydrogens (tertiary/aromatic N) is 3. The number of amides is 1. The molecule has 1 amide bonds. The molecular formula is C24H27ClF3IN4O6S. The van der Waals surface area contributed by atoms with Gasteiger partial charge in [0.05, 0.1) is 12.2 Å². The monoisotopic (exact) mass is 718 g/mol. The van der Waals surface area contributed by atoms with Crippen molar-refractivity contribution in [1.29, 1.82) is 0 Å². The molecule has 2 heterocycles. The highest BCUT2D eigenvalue weighted by molar-refractivity contribution is 14.1. The number of hydrogen-bond acceptors (Lipinski definition) is 7. The first kappa shape index (κ1) is 30.7. The van der Waals surface area contributed by atoms with E-state index in [1.165, 1.54) is 29.1 Å². The van der Waals surface area contributed by atoms with Gasteiger partial charge in [0, 0.05) is 24.3 Å². The molecule has 2 atom stereocenters. The Morgan fingerprint density at radius 1 is 1.30 bits per heavy atom. The van der Waals surface area contributed by atoms with Crippen LogP contribution in [0.5, 0.6) is 5.75 Å². The van der Waals surface area contributed by atoms with Gasteiger partial charge < -0.3 is 9.47 Å². The molecule has 2 aliphatic rings. The molecule has 1 saturated carbocycles. The minimum absolute atomic E-state index is 0.0215. The maximum Gasteiger partial charge on any atom is 0.427 e. The van der Waals surface area contributed by atoms with Crippen LogP contribution in [0.2, 0.25) is 5.15 Å². The predicted octanol–water partition coefficient (Wildman–Crippen LogP) is 5.78. The lowest BCUT2D eigenvalue weighted by Crippen LogP contribution is -2.45. The van der Waals surface area contributed by atoms with Crippen molar-refractivity contribution in [3.05, 3.63) is 29.5 Å². The summed E-state index contributed by atoms with van der Waals surface area (Å²) in [4.78, 5) is 24.3. The van der Waals surface area contributed by atoms with Crippen molar-refractivity contribution in [3.8, 4) is 5.75 Å². The highest BCUT2D eigenvalue weighted by atomic mass is 127. The lowest BCUT2D eigenvalue weighted by Gasteiger charge is -2.36. The molecule has 0 saturated heterocycles. The Bertz CT molecular complexity index is 1410. The fourth-order valence-corrected chi connectivity index (χ4v) is 6.97. The number of fused-ring (bicyclic) bond motifs is 1. The molecule has 40 heavy (non-hydrogen) atoms. The molecular weight excluding hydrogens is 692 g/mol. The zero-order chi connectivity index (χ0) is 29.6. The number of ether oxygens (including phenoxy) is 2. The molecule has 1 N–H and O–H groups in total. The van der Waals surface area contributed by atoms with Gasteiger partial charge in [0.25, 0.3) is 10.0 Å². The number of carbonyl (C=O) groups excluding carboxylic acids is 2. The molecule has 16 heteroatoms. The second-order valence-electron chi connectivity index (χ2n) is 10.1. The summed E-state index contributed by atoms with van der Waals surface area (Å²) in [6.45, 7) is 3.36. The molecule has 0 bridgehead atoms. The van der Waals surface area contributed by atoms with Crippen molar-refractivity contribution in [2.75, 3.05) is 16.2 Å². The molecule has 0 spiro atoms. The molecule has 1 aromatic carbocycles. The largest absolute Gasteiger partial charge is 0.486 e. The maximum absolute atomic E-state index is 13.9. The number of sulfonamides is 1. The van der Waals surface area contributed by atoms with Crippen LogP contribution in [0.15, 0.2) is 29.3 Å². The fourth-order valence-electron chi connectivity index (χ4n) is 4.26. The van der Waals surface area contributed by atoms with E-state index in [4.69, 9.17) is 16.3 Å². The number of hydrogen-bond donors (Lipinski definition) is 1. The Labute approximate surface area is 247 Å². The number of alkyl halides is 3. The first-order chi connectivity index (χ1) is 18.5. The predicted molar refractivity (Wildman–Crippen MR) is 148 cm³/mol. The number of benzene rings is 1. The third-order valence-electron chi connectivity index (χ3n) is 6.74. The van der Waals surface area contributed by atoms with E-state index in [1.807, 2.05) is 0 Å². The van der Waals surface area contributed by atoms with Crippen molar-refractivity contribution in [2.24, 2.45) is 11.8 Å². The van der Waals surface area contributed by atoms with Crippen LogP contribution in [0, 0.1) is 11.8 Å². The zero-order valence-electron chi connectivity index (χ0n) is 21.7. The van der Waals surface area contributed by atoms with Gasteiger partial charge in [-0.3, -0.25) is 19.1 Å². The summed E-state index contributed by atoms with van der Waals surface area (Å²) in [6.07, 6.45) is -3.47. The number of nitrogens with one attached hydrogen (secondary N) is 1. The van der Waals surface area contributed by atoms with E-state index < -0.39 is 34.0 Å². The van der Waals surface area contributed by atoms with Crippen molar-refractivity contribution in [1.82, 2.24) is 9.78 Å². The number of halogens is 5. The molecule has 10 nitrogen and oxygen atoms in total. The summed E-state index contributed by atoms with van der Waals surface area (Å²) >= 11 is 7.93. The topological polar surface area (TPSA) is 120 Å². The summed E-state index contributed by atoms with van der Waals surface area (Å²) in [5.41, 5.74) is -2.77. The molecule has 1 fully saturated rings. The van der Waals surface area contributed by atoms with E-state index in [9.17, 15) is 31.2 Å². The van der Waals surface area contributed by atoms with Crippen molar-refractivity contribution >= 4 is 65.5 Å². The summed E-state index contributed by atoms with van der Waals surface area (Å²) in [7, 11) is -4.32. The third-order valence-corrected chi connectivity index (χ3v) is 9.72. The maximum atomic E-state index is 13.9. The van der Waals surface area contributed by atoms with Crippen molar-refractivity contribution in [2.45, 2.75) is 69.4 Å². The minimum Gasteiger partial charge on any atom is -0.486 e. The lowest BCUT2D eigenvalue weighted by molar-refractivity contribution is -0.242. The Kier molecular flexibility index (Phi) is 8.58. The van der Waals surface area contributed by atoms with Gasteiger partial charge in [-0.15, -0.1) is 0 Å². The lowest BCUT2D eigenvalue weighted by atomic mass is 9.97. The molecule has 0 unspecified atom stereocenters. The highest BCUT2D eigenvalue weighted by Crippen LogP contribution is 2.45. The van der Waals surface area contributed by atoms with Crippen LogP contribution < -0.4 is 14.4 Å². The Hall–Kier alpha value is -2.27. The smallest absolute Gasteiger partial charge is 0.427 e. The molecule has 1 aliphatic carbocycles. The normalized spacial score (nSPS) is 18.5. The number of aromatic nitrogens is 2. The number of aryl methyl sites for hydroxylation is 1. The van der Waals surface area contributed by atoms with Crippen LogP contribution in [0.1, 0.15) is 40.0 Å². The number of anilines is 2. The zero-order valence-corrected chi connectivity index (χ0v) is 25.4. The first-order valence-electron chi connectivity index (χ1n) is 12.4. The van der Waals surface area contributed by atoms with Crippen LogP contribution in [0.3, 0.4) is 0 Å². The molecule has 0 radical (unpaired) electrons. The van der Waals surface area contributed by atoms with Crippen LogP contribution in [0.4, 0.5) is 29.3 Å². The quantitative estimate of drug-likeness (QED) is 0.258. The standard InChI is InChI=1S/C24H27ClF3IN4O6S/c1-4-32-12-19(20(25)31-32)40(36,37)33-11-15(10-16(21(29)34)13-5-6-13)38-18-8-7-14(9-17(18)33)30-22(35)39-23(2,3)24(26,27)28/h7-9,12-13,15-16H,4-6,10-11H2,1-3H3,(H,30,35)/t15-,16-/m0/s1. The summed E-state index contributed by atoms with van der Waals surface area (Å²) in [5.74, 6) is 0.0647. The van der Waals surface area contributed by atoms with E-state index in [-0.39, 0.29) is 49.3 Å². The molecule has 2 aromatic rings. The summed E-state index contributed by atoms with van der Waals surface area (Å²) < 4.78 is 80.2.